The van der Waals surface area contributed by atoms with E-state index in [1.54, 1.807) is 30.3 Å². The van der Waals surface area contributed by atoms with E-state index in [2.05, 4.69) is 20.2 Å². The Kier molecular flexibility index (Phi) is 5.24. The van der Waals surface area contributed by atoms with Crippen LogP contribution in [-0.4, -0.2) is 60.0 Å². The Morgan fingerprint density at radius 3 is 2.75 bits per heavy atom. The molecule has 3 aromatic rings. The summed E-state index contributed by atoms with van der Waals surface area (Å²) in [6, 6.07) is 9.39. The molecule has 1 saturated heterocycles. The second kappa shape index (κ2) is 8.21. The molecule has 0 aromatic carbocycles. The monoisotopic (exact) mass is 450 g/mol. The maximum atomic E-state index is 12.3. The van der Waals surface area contributed by atoms with E-state index in [1.165, 1.54) is 11.3 Å². The van der Waals surface area contributed by atoms with Crippen molar-refractivity contribution in [3.63, 3.8) is 0 Å². The van der Waals surface area contributed by atoms with E-state index >= 15 is 0 Å². The Balaban J connectivity index is 1.41. The first-order valence-electron chi connectivity index (χ1n) is 10.2. The predicted molar refractivity (Wildman–Crippen MR) is 122 cm³/mol. The van der Waals surface area contributed by atoms with Crippen LogP contribution in [0.15, 0.2) is 36.5 Å². The summed E-state index contributed by atoms with van der Waals surface area (Å²) >= 11 is 1.39. The number of fused-ring (bicyclic) bond motifs is 1. The molecule has 10 heteroatoms. The lowest BCUT2D eigenvalue weighted by Gasteiger charge is -2.27. The van der Waals surface area contributed by atoms with Crippen LogP contribution in [0.4, 0.5) is 16.6 Å². The molecule has 0 bridgehead atoms. The van der Waals surface area contributed by atoms with Crippen molar-refractivity contribution < 1.29 is 14.3 Å². The lowest BCUT2D eigenvalue weighted by molar-refractivity contribution is 0.0812. The van der Waals surface area contributed by atoms with E-state index < -0.39 is 5.91 Å². The molecule has 0 aliphatic carbocycles. The molecular weight excluding hydrogens is 428 g/mol. The van der Waals surface area contributed by atoms with Crippen molar-refractivity contribution in [2.75, 3.05) is 43.6 Å². The van der Waals surface area contributed by atoms with Crippen LogP contribution >= 0.6 is 11.3 Å². The number of primary amides is 1. The van der Waals surface area contributed by atoms with Gasteiger partial charge < -0.3 is 25.6 Å². The number of aromatic nitrogens is 2. The highest BCUT2D eigenvalue weighted by molar-refractivity contribution is 7.19. The molecule has 1 fully saturated rings. The SMILES string of the molecule is CN1Cc2ccc(Nc3sc(-c4ccc(N5CCOCC5)nc4)cc3C(N)=O)nc2C1=O. The first-order valence-corrected chi connectivity index (χ1v) is 11.1. The summed E-state index contributed by atoms with van der Waals surface area (Å²) in [5, 5.41) is 3.75. The molecule has 0 atom stereocenters. The smallest absolute Gasteiger partial charge is 0.272 e. The zero-order valence-corrected chi connectivity index (χ0v) is 18.3. The number of nitrogens with two attached hydrogens (primary N) is 1. The average Bonchev–Trinajstić information content (AvgIpc) is 3.36. The Morgan fingerprint density at radius 2 is 2.03 bits per heavy atom. The van der Waals surface area contributed by atoms with E-state index in [-0.39, 0.29) is 5.91 Å². The number of carbonyl (C=O) groups is 2. The fourth-order valence-electron chi connectivity index (χ4n) is 3.82. The second-order valence-corrected chi connectivity index (χ2v) is 8.76. The first kappa shape index (κ1) is 20.4. The topological polar surface area (TPSA) is 114 Å². The molecular formula is C22H22N6O3S. The lowest BCUT2D eigenvalue weighted by atomic mass is 10.2. The largest absolute Gasteiger partial charge is 0.378 e. The third kappa shape index (κ3) is 3.78. The van der Waals surface area contributed by atoms with Crippen LogP contribution < -0.4 is 16.0 Å². The fourth-order valence-corrected chi connectivity index (χ4v) is 4.88. The highest BCUT2D eigenvalue weighted by Gasteiger charge is 2.26. The van der Waals surface area contributed by atoms with E-state index in [9.17, 15) is 9.59 Å². The zero-order valence-electron chi connectivity index (χ0n) is 17.5. The van der Waals surface area contributed by atoms with Crippen LogP contribution in [0, 0.1) is 0 Å². The molecule has 32 heavy (non-hydrogen) atoms. The molecule has 3 aromatic heterocycles. The van der Waals surface area contributed by atoms with Crippen LogP contribution in [-0.2, 0) is 11.3 Å². The quantitative estimate of drug-likeness (QED) is 0.614. The van der Waals surface area contributed by atoms with E-state index in [0.29, 0.717) is 41.8 Å². The minimum Gasteiger partial charge on any atom is -0.378 e. The summed E-state index contributed by atoms with van der Waals surface area (Å²) in [5.41, 5.74) is 8.20. The van der Waals surface area contributed by atoms with Gasteiger partial charge in [-0.1, -0.05) is 6.07 Å². The van der Waals surface area contributed by atoms with Gasteiger partial charge in [0.15, 0.2) is 0 Å². The van der Waals surface area contributed by atoms with Gasteiger partial charge in [0.1, 0.15) is 22.3 Å². The van der Waals surface area contributed by atoms with Gasteiger partial charge in [0.05, 0.1) is 18.8 Å². The van der Waals surface area contributed by atoms with E-state index in [4.69, 9.17) is 10.5 Å². The molecule has 5 rings (SSSR count). The molecule has 9 nitrogen and oxygen atoms in total. The molecule has 0 spiro atoms. The van der Waals surface area contributed by atoms with Gasteiger partial charge in [-0.3, -0.25) is 9.59 Å². The number of thiophene rings is 1. The van der Waals surface area contributed by atoms with Crippen LogP contribution in [0.2, 0.25) is 0 Å². The standard InChI is InChI=1S/C22H22N6O3S/c1-27-12-14-2-4-17(25-19(14)22(27)30)26-21-15(20(23)29)10-16(32-21)13-3-5-18(24-11-13)28-6-8-31-9-7-28/h2-5,10-11H,6-9,12H2,1H3,(H2,23,29)(H,25,26). The molecule has 5 heterocycles. The number of morpholine rings is 1. The number of pyridine rings is 2. The minimum atomic E-state index is -0.537. The summed E-state index contributed by atoms with van der Waals surface area (Å²) in [6.07, 6.45) is 1.80. The maximum Gasteiger partial charge on any atom is 0.272 e. The number of ether oxygens (including phenoxy) is 1. The van der Waals surface area contributed by atoms with Crippen molar-refractivity contribution in [1.82, 2.24) is 14.9 Å². The Labute approximate surface area is 188 Å². The Hall–Kier alpha value is -3.50. The van der Waals surface area contributed by atoms with Gasteiger partial charge in [-0.25, -0.2) is 9.97 Å². The second-order valence-electron chi connectivity index (χ2n) is 7.71. The molecule has 3 N–H and O–H groups in total. The Bertz CT molecular complexity index is 1190. The van der Waals surface area contributed by atoms with E-state index in [1.807, 2.05) is 18.2 Å². The maximum absolute atomic E-state index is 12.3. The van der Waals surface area contributed by atoms with Crippen molar-refractivity contribution in [1.29, 1.82) is 0 Å². The minimum absolute atomic E-state index is 0.114. The van der Waals surface area contributed by atoms with Crippen molar-refractivity contribution >= 4 is 39.8 Å². The van der Waals surface area contributed by atoms with Crippen molar-refractivity contribution in [2.24, 2.45) is 5.73 Å². The van der Waals surface area contributed by atoms with Crippen molar-refractivity contribution in [3.8, 4) is 10.4 Å². The van der Waals surface area contributed by atoms with Gasteiger partial charge in [-0.15, -0.1) is 11.3 Å². The van der Waals surface area contributed by atoms with Crippen LogP contribution in [0.3, 0.4) is 0 Å². The molecule has 2 aliphatic rings. The third-order valence-electron chi connectivity index (χ3n) is 5.54. The number of rotatable bonds is 5. The highest BCUT2D eigenvalue weighted by atomic mass is 32.1. The first-order chi connectivity index (χ1) is 15.5. The zero-order chi connectivity index (χ0) is 22.2. The highest BCUT2D eigenvalue weighted by Crippen LogP contribution is 2.37. The van der Waals surface area contributed by atoms with Gasteiger partial charge in [0.2, 0.25) is 0 Å². The van der Waals surface area contributed by atoms with Crippen molar-refractivity contribution in [2.45, 2.75) is 6.54 Å². The van der Waals surface area contributed by atoms with Gasteiger partial charge >= 0.3 is 0 Å². The summed E-state index contributed by atoms with van der Waals surface area (Å²) < 4.78 is 5.39. The summed E-state index contributed by atoms with van der Waals surface area (Å²) in [7, 11) is 1.74. The molecule has 2 amide bonds. The van der Waals surface area contributed by atoms with Gasteiger partial charge in [-0.2, -0.15) is 0 Å². The molecule has 2 aliphatic heterocycles. The fraction of sp³-hybridized carbons (Fsp3) is 0.273. The molecule has 0 radical (unpaired) electrons. The average molecular weight is 451 g/mol. The van der Waals surface area contributed by atoms with Gasteiger partial charge in [-0.05, 0) is 24.3 Å². The summed E-state index contributed by atoms with van der Waals surface area (Å²) in [4.78, 5) is 38.0. The van der Waals surface area contributed by atoms with Crippen LogP contribution in [0.25, 0.3) is 10.4 Å². The lowest BCUT2D eigenvalue weighted by Crippen LogP contribution is -2.36. The summed E-state index contributed by atoms with van der Waals surface area (Å²) in [5.74, 6) is 0.741. The van der Waals surface area contributed by atoms with Gasteiger partial charge in [0.25, 0.3) is 11.8 Å². The van der Waals surface area contributed by atoms with Crippen LogP contribution in [0.5, 0.6) is 0 Å². The number of nitrogens with one attached hydrogen (secondary N) is 1. The number of hydrogen-bond donors (Lipinski definition) is 2. The number of amides is 2. The summed E-state index contributed by atoms with van der Waals surface area (Å²) in [6.45, 7) is 3.58. The number of nitrogens with zero attached hydrogens (tertiary/aromatic N) is 4. The number of hydrogen-bond acceptors (Lipinski definition) is 8. The van der Waals surface area contributed by atoms with Crippen LogP contribution in [0.1, 0.15) is 26.4 Å². The molecule has 164 valence electrons. The number of carbonyl (C=O) groups excluding carboxylic acids is 2. The molecule has 0 unspecified atom stereocenters. The third-order valence-corrected chi connectivity index (χ3v) is 6.64. The van der Waals surface area contributed by atoms with Gasteiger partial charge in [0, 0.05) is 48.9 Å². The molecule has 0 saturated carbocycles. The normalized spacial score (nSPS) is 15.7. The van der Waals surface area contributed by atoms with Crippen molar-refractivity contribution in [3.05, 3.63) is 53.3 Å². The predicted octanol–water partition coefficient (Wildman–Crippen LogP) is 2.47. The Morgan fingerprint density at radius 1 is 1.22 bits per heavy atom. The van der Waals surface area contributed by atoms with E-state index in [0.717, 1.165) is 34.9 Å². The number of anilines is 3.